The molecule has 2 aromatic carbocycles. The summed E-state index contributed by atoms with van der Waals surface area (Å²) in [7, 11) is 0. The highest BCUT2D eigenvalue weighted by Crippen LogP contribution is 2.32. The maximum absolute atomic E-state index is 12.7. The molecule has 156 valence electrons. The van der Waals surface area contributed by atoms with Crippen LogP contribution in [0.2, 0.25) is 0 Å². The first kappa shape index (κ1) is 20.6. The second-order valence-corrected chi connectivity index (χ2v) is 8.14. The highest BCUT2D eigenvalue weighted by atomic mass is 32.2. The first-order chi connectivity index (χ1) is 14.8. The Labute approximate surface area is 181 Å². The maximum atomic E-state index is 12.7. The summed E-state index contributed by atoms with van der Waals surface area (Å²) in [5.41, 5.74) is 2.84. The molecule has 1 aliphatic heterocycles. The molecule has 1 fully saturated rings. The molecule has 2 heterocycles. The van der Waals surface area contributed by atoms with Crippen LogP contribution in [0.15, 0.2) is 62.8 Å². The van der Waals surface area contributed by atoms with E-state index in [0.29, 0.717) is 28.4 Å². The zero-order chi connectivity index (χ0) is 22.1. The number of para-hydroxylation sites is 1. The largest absolute Gasteiger partial charge is 0.463 e. The summed E-state index contributed by atoms with van der Waals surface area (Å²) in [4.78, 5) is 51.0. The number of hydrogen-bond donors (Lipinski definition) is 1. The van der Waals surface area contributed by atoms with Crippen molar-refractivity contribution < 1.29 is 18.8 Å². The monoisotopic (exact) mass is 434 g/mol. The van der Waals surface area contributed by atoms with E-state index in [4.69, 9.17) is 4.42 Å². The van der Waals surface area contributed by atoms with Gasteiger partial charge in [-0.15, -0.1) is 0 Å². The van der Waals surface area contributed by atoms with Crippen molar-refractivity contribution in [1.82, 2.24) is 4.90 Å². The number of benzene rings is 2. The van der Waals surface area contributed by atoms with E-state index in [1.165, 1.54) is 12.3 Å². The van der Waals surface area contributed by atoms with Crippen molar-refractivity contribution in [2.75, 3.05) is 11.9 Å². The number of carbonyl (C=O) groups excluding carboxylic acids is 3. The van der Waals surface area contributed by atoms with Gasteiger partial charge in [-0.1, -0.05) is 29.8 Å². The summed E-state index contributed by atoms with van der Waals surface area (Å²) in [5, 5.41) is 2.53. The minimum Gasteiger partial charge on any atom is -0.463 e. The zero-order valence-corrected chi connectivity index (χ0v) is 17.6. The lowest BCUT2D eigenvalue weighted by atomic mass is 10.1. The molecule has 0 bridgehead atoms. The smallest absolute Gasteiger partial charge is 0.294 e. The Hall–Kier alpha value is -3.65. The Balaban J connectivity index is 1.53. The van der Waals surface area contributed by atoms with E-state index < -0.39 is 23.6 Å². The Morgan fingerprint density at radius 1 is 1.13 bits per heavy atom. The molecule has 31 heavy (non-hydrogen) atoms. The molecule has 1 aliphatic rings. The van der Waals surface area contributed by atoms with Gasteiger partial charge in [0.25, 0.3) is 11.1 Å². The van der Waals surface area contributed by atoms with Gasteiger partial charge in [0.05, 0.1) is 15.9 Å². The van der Waals surface area contributed by atoms with E-state index in [2.05, 4.69) is 5.32 Å². The second-order valence-electron chi connectivity index (χ2n) is 7.15. The van der Waals surface area contributed by atoms with Crippen LogP contribution in [0, 0.1) is 13.8 Å². The summed E-state index contributed by atoms with van der Waals surface area (Å²) < 4.78 is 5.45. The molecule has 7 nitrogen and oxygen atoms in total. The quantitative estimate of drug-likeness (QED) is 0.622. The number of nitrogens with zero attached hydrogens (tertiary/aromatic N) is 1. The summed E-state index contributed by atoms with van der Waals surface area (Å²) in [6, 6.07) is 12.3. The van der Waals surface area contributed by atoms with Gasteiger partial charge >= 0.3 is 0 Å². The molecule has 1 N–H and O–H groups in total. The molecule has 0 aliphatic carbocycles. The van der Waals surface area contributed by atoms with Crippen molar-refractivity contribution in [3.8, 4) is 0 Å². The molecular formula is C23H18N2O5S. The number of amides is 3. The normalized spacial score (nSPS) is 15.2. The number of carbonyl (C=O) groups is 3. The lowest BCUT2D eigenvalue weighted by Gasteiger charge is -2.14. The molecule has 1 saturated heterocycles. The fraction of sp³-hybridized carbons (Fsp3) is 0.130. The standard InChI is InChI=1S/C23H18N2O5S/c1-13-7-8-17(14(2)9-13)24-20(26)11-25-22(28)19(31-23(25)29)10-15-12-30-18-6-4-3-5-16(18)21(15)27/h3-10,12H,11H2,1-2H3,(H,24,26)/b19-10-. The third kappa shape index (κ3) is 4.15. The van der Waals surface area contributed by atoms with Gasteiger partial charge in [-0.25, -0.2) is 0 Å². The van der Waals surface area contributed by atoms with Crippen LogP contribution >= 0.6 is 11.8 Å². The minimum atomic E-state index is -0.627. The third-order valence-electron chi connectivity index (χ3n) is 4.82. The van der Waals surface area contributed by atoms with E-state index in [0.717, 1.165) is 16.0 Å². The molecule has 0 atom stereocenters. The molecule has 0 unspecified atom stereocenters. The highest BCUT2D eigenvalue weighted by Gasteiger charge is 2.36. The van der Waals surface area contributed by atoms with Crippen LogP contribution in [0.1, 0.15) is 16.7 Å². The molecule has 4 rings (SSSR count). The van der Waals surface area contributed by atoms with E-state index in [1.54, 1.807) is 30.3 Å². The number of imide groups is 1. The molecule has 1 aromatic heterocycles. The van der Waals surface area contributed by atoms with Crippen LogP contribution in [-0.2, 0) is 9.59 Å². The Kier molecular flexibility index (Phi) is 5.48. The summed E-state index contributed by atoms with van der Waals surface area (Å²) in [5.74, 6) is -1.11. The van der Waals surface area contributed by atoms with E-state index >= 15 is 0 Å². The summed E-state index contributed by atoms with van der Waals surface area (Å²) >= 11 is 0.682. The lowest BCUT2D eigenvalue weighted by Crippen LogP contribution is -2.36. The van der Waals surface area contributed by atoms with Crippen molar-refractivity contribution in [3.63, 3.8) is 0 Å². The first-order valence-corrected chi connectivity index (χ1v) is 10.3. The Morgan fingerprint density at radius 3 is 2.68 bits per heavy atom. The Morgan fingerprint density at radius 2 is 1.90 bits per heavy atom. The van der Waals surface area contributed by atoms with Gasteiger partial charge in [-0.3, -0.25) is 24.1 Å². The third-order valence-corrected chi connectivity index (χ3v) is 5.73. The van der Waals surface area contributed by atoms with Crippen LogP contribution in [0.25, 0.3) is 17.0 Å². The number of fused-ring (bicyclic) bond motifs is 1. The average molecular weight is 434 g/mol. The number of hydrogen-bond acceptors (Lipinski definition) is 6. The van der Waals surface area contributed by atoms with Crippen molar-refractivity contribution in [2.45, 2.75) is 13.8 Å². The topological polar surface area (TPSA) is 96.7 Å². The highest BCUT2D eigenvalue weighted by molar-refractivity contribution is 8.18. The van der Waals surface area contributed by atoms with Crippen molar-refractivity contribution >= 4 is 51.5 Å². The van der Waals surface area contributed by atoms with Gasteiger partial charge in [0.2, 0.25) is 5.91 Å². The SMILES string of the molecule is Cc1ccc(NC(=O)CN2C(=O)S/C(=C\c3coc4ccccc4c3=O)C2=O)c(C)c1. The van der Waals surface area contributed by atoms with Gasteiger partial charge in [0.1, 0.15) is 18.4 Å². The van der Waals surface area contributed by atoms with Crippen molar-refractivity contribution in [3.05, 3.63) is 80.5 Å². The van der Waals surface area contributed by atoms with Crippen LogP contribution in [0.5, 0.6) is 0 Å². The lowest BCUT2D eigenvalue weighted by molar-refractivity contribution is -0.127. The van der Waals surface area contributed by atoms with Crippen molar-refractivity contribution in [1.29, 1.82) is 0 Å². The summed E-state index contributed by atoms with van der Waals surface area (Å²) in [6.45, 7) is 3.39. The van der Waals surface area contributed by atoms with Crippen LogP contribution in [0.4, 0.5) is 10.5 Å². The number of anilines is 1. The van der Waals surface area contributed by atoms with Crippen LogP contribution in [0.3, 0.4) is 0 Å². The maximum Gasteiger partial charge on any atom is 0.294 e. The fourth-order valence-electron chi connectivity index (χ4n) is 3.26. The molecule has 0 saturated carbocycles. The van der Waals surface area contributed by atoms with Gasteiger partial charge in [0, 0.05) is 5.69 Å². The predicted octanol–water partition coefficient (Wildman–Crippen LogP) is 4.08. The van der Waals surface area contributed by atoms with E-state index in [1.807, 2.05) is 26.0 Å². The second kappa shape index (κ2) is 8.23. The molecule has 8 heteroatoms. The molecule has 0 spiro atoms. The van der Waals surface area contributed by atoms with Gasteiger partial charge < -0.3 is 9.73 Å². The van der Waals surface area contributed by atoms with Gasteiger partial charge in [0.15, 0.2) is 5.43 Å². The number of nitrogens with one attached hydrogen (secondary N) is 1. The minimum absolute atomic E-state index is 0.0619. The predicted molar refractivity (Wildman–Crippen MR) is 120 cm³/mol. The van der Waals surface area contributed by atoms with Crippen molar-refractivity contribution in [2.24, 2.45) is 0 Å². The Bertz CT molecular complexity index is 1330. The fourth-order valence-corrected chi connectivity index (χ4v) is 4.09. The van der Waals surface area contributed by atoms with E-state index in [-0.39, 0.29) is 15.9 Å². The van der Waals surface area contributed by atoms with E-state index in [9.17, 15) is 19.2 Å². The van der Waals surface area contributed by atoms with Gasteiger partial charge in [-0.05, 0) is 55.4 Å². The summed E-state index contributed by atoms with van der Waals surface area (Å²) in [6.07, 6.45) is 2.58. The first-order valence-electron chi connectivity index (χ1n) is 9.46. The molecule has 0 radical (unpaired) electrons. The van der Waals surface area contributed by atoms with Crippen LogP contribution in [-0.4, -0.2) is 28.5 Å². The number of rotatable bonds is 4. The average Bonchev–Trinajstić information content (AvgIpc) is 3.00. The molecule has 3 amide bonds. The van der Waals surface area contributed by atoms with Crippen LogP contribution < -0.4 is 10.7 Å². The van der Waals surface area contributed by atoms with Gasteiger partial charge in [-0.2, -0.15) is 0 Å². The number of aryl methyl sites for hydroxylation is 2. The zero-order valence-electron chi connectivity index (χ0n) is 16.8. The molecule has 3 aromatic rings. The number of thioether (sulfide) groups is 1. The molecular weight excluding hydrogens is 416 g/mol.